The van der Waals surface area contributed by atoms with Gasteiger partial charge in [-0.25, -0.2) is 4.98 Å². The minimum absolute atomic E-state index is 0.0731. The average Bonchev–Trinajstić information content (AvgIpc) is 4.10. The summed E-state index contributed by atoms with van der Waals surface area (Å²) in [6.07, 6.45) is 8.37. The first-order chi connectivity index (χ1) is 33.2. The third kappa shape index (κ3) is 8.33. The van der Waals surface area contributed by atoms with E-state index in [1.165, 1.54) is 5.56 Å². The van der Waals surface area contributed by atoms with Gasteiger partial charge in [0, 0.05) is 29.7 Å². The molecule has 0 atom stereocenters. The number of imidazole rings is 1. The monoisotopic (exact) mass is 859 g/mol. The summed E-state index contributed by atoms with van der Waals surface area (Å²) in [5.74, 6) is -1.15. The van der Waals surface area contributed by atoms with Crippen LogP contribution in [0.3, 0.4) is 0 Å². The predicted molar refractivity (Wildman–Crippen MR) is 272 cm³/mol. The molecule has 0 unspecified atom stereocenters. The van der Waals surface area contributed by atoms with Crippen LogP contribution in [0, 0.1) is 6.85 Å². The van der Waals surface area contributed by atoms with Crippen LogP contribution in [0.4, 0.5) is 0 Å². The van der Waals surface area contributed by atoms with Gasteiger partial charge in [-0.15, -0.1) is 0 Å². The third-order valence-corrected chi connectivity index (χ3v) is 13.8. The largest absolute Gasteiger partial charge is 0.507 e. The van der Waals surface area contributed by atoms with Gasteiger partial charge < -0.3 is 5.11 Å². The second kappa shape index (κ2) is 16.9. The molecule has 8 aromatic rings. The van der Waals surface area contributed by atoms with Gasteiger partial charge in [0.15, 0.2) is 0 Å². The Hall–Kier alpha value is -6.26. The maximum Gasteiger partial charge on any atom is 0.149 e. The van der Waals surface area contributed by atoms with Crippen LogP contribution >= 0.6 is 0 Å². The van der Waals surface area contributed by atoms with Crippen LogP contribution in [0.5, 0.6) is 5.75 Å². The molecule has 0 radical (unpaired) electrons. The van der Waals surface area contributed by atoms with Crippen LogP contribution < -0.4 is 0 Å². The van der Waals surface area contributed by atoms with Crippen molar-refractivity contribution in [1.82, 2.24) is 14.5 Å². The summed E-state index contributed by atoms with van der Waals surface area (Å²) in [5.41, 5.74) is 14.4. The third-order valence-electron chi connectivity index (χ3n) is 13.8. The number of hydrogen-bond acceptors (Lipinski definition) is 3. The zero-order chi connectivity index (χ0) is 49.4. The fourth-order valence-corrected chi connectivity index (χ4v) is 10.0. The van der Waals surface area contributed by atoms with E-state index in [4.69, 9.17) is 14.1 Å². The van der Waals surface area contributed by atoms with E-state index in [-0.39, 0.29) is 16.6 Å². The highest BCUT2D eigenvalue weighted by Gasteiger charge is 2.30. The molecular weight excluding hydrogens is 791 g/mol. The molecule has 10 rings (SSSR count). The van der Waals surface area contributed by atoms with E-state index < -0.39 is 18.6 Å². The highest BCUT2D eigenvalue weighted by atomic mass is 16.3. The molecular formula is C61H63N3O. The highest BCUT2D eigenvalue weighted by molar-refractivity contribution is 5.98. The molecule has 0 aliphatic heterocycles. The Morgan fingerprint density at radius 3 is 2.00 bits per heavy atom. The molecule has 2 aliphatic rings. The van der Waals surface area contributed by atoms with Gasteiger partial charge in [0.2, 0.25) is 0 Å². The summed E-state index contributed by atoms with van der Waals surface area (Å²) >= 11 is 0. The van der Waals surface area contributed by atoms with Gasteiger partial charge in [-0.2, -0.15) is 0 Å². The second-order valence-corrected chi connectivity index (χ2v) is 20.4. The lowest BCUT2D eigenvalue weighted by molar-refractivity contribution is 0.462. The molecule has 4 heteroatoms. The normalized spacial score (nSPS) is 17.4. The van der Waals surface area contributed by atoms with Gasteiger partial charge in [-0.1, -0.05) is 158 Å². The average molecular weight is 859 g/mol. The molecule has 1 N–H and O–H groups in total. The number of phenolic OH excluding ortho intramolecular Hbond substituents is 1. The van der Waals surface area contributed by atoms with Crippen LogP contribution in [-0.4, -0.2) is 19.6 Å². The Bertz CT molecular complexity index is 3250. The summed E-state index contributed by atoms with van der Waals surface area (Å²) < 4.78 is 45.5. The van der Waals surface area contributed by atoms with E-state index in [2.05, 4.69) is 131 Å². The van der Waals surface area contributed by atoms with Gasteiger partial charge >= 0.3 is 0 Å². The van der Waals surface area contributed by atoms with Crippen LogP contribution in [0.25, 0.3) is 72.7 Å². The molecule has 0 amide bonds. The van der Waals surface area contributed by atoms with Gasteiger partial charge in [0.05, 0.1) is 28.0 Å². The number of pyridine rings is 1. The number of para-hydroxylation sites is 1. The first-order valence-corrected chi connectivity index (χ1v) is 23.5. The number of phenols is 1. The van der Waals surface area contributed by atoms with Crippen LogP contribution in [0.2, 0.25) is 0 Å². The van der Waals surface area contributed by atoms with Crippen LogP contribution in [0.15, 0.2) is 140 Å². The van der Waals surface area contributed by atoms with E-state index in [1.807, 2.05) is 42.6 Å². The Kier molecular flexibility index (Phi) is 9.65. The zero-order valence-electron chi connectivity index (χ0n) is 43.7. The van der Waals surface area contributed by atoms with Gasteiger partial charge in [0.25, 0.3) is 0 Å². The zero-order valence-corrected chi connectivity index (χ0v) is 38.7. The Morgan fingerprint density at radius 1 is 0.585 bits per heavy atom. The Balaban J connectivity index is 1.24. The van der Waals surface area contributed by atoms with E-state index >= 15 is 0 Å². The summed E-state index contributed by atoms with van der Waals surface area (Å²) in [5, 5.41) is 12.8. The Morgan fingerprint density at radius 2 is 1.29 bits per heavy atom. The van der Waals surface area contributed by atoms with E-state index in [9.17, 15) is 7.85 Å². The van der Waals surface area contributed by atoms with Crippen molar-refractivity contribution in [1.29, 1.82) is 0 Å². The topological polar surface area (TPSA) is 50.9 Å². The smallest absolute Gasteiger partial charge is 0.149 e. The van der Waals surface area contributed by atoms with Crippen LogP contribution in [0.1, 0.15) is 139 Å². The summed E-state index contributed by atoms with van der Waals surface area (Å²) in [6, 6.07) is 45.3. The van der Waals surface area contributed by atoms with Crippen LogP contribution in [-0.2, 0) is 10.8 Å². The number of benzene rings is 6. The molecule has 2 aromatic heterocycles. The maximum absolute atomic E-state index is 12.8. The molecule has 2 heterocycles. The van der Waals surface area contributed by atoms with Crippen molar-refractivity contribution in [3.8, 4) is 67.5 Å². The second-order valence-electron chi connectivity index (χ2n) is 20.4. The minimum Gasteiger partial charge on any atom is -0.507 e. The first-order valence-electron chi connectivity index (χ1n) is 26.0. The number of aryl methyl sites for hydroxylation is 1. The molecule has 6 aromatic carbocycles. The summed E-state index contributed by atoms with van der Waals surface area (Å²) in [6.45, 7) is 11.2. The fourth-order valence-electron chi connectivity index (χ4n) is 10.0. The maximum atomic E-state index is 12.8. The van der Waals surface area contributed by atoms with Crippen molar-refractivity contribution in [2.24, 2.45) is 0 Å². The SMILES string of the molecule is [2H]C([2H])([2H])c1ccc(-c2ccnc(-c3cc(-c4cccc5c4nc(-c4cc(C6([2H])CCCC6)cc(C6([2H])CCCC6)c4O)n5-c4ccc(C(C)(C)C)cc4-c4ccccc4)cc(C(C)(C)C)c3)c2)cc1. The molecule has 0 spiro atoms. The van der Waals surface area contributed by atoms with Crippen molar-refractivity contribution in [2.45, 2.75) is 122 Å². The van der Waals surface area contributed by atoms with Crippen molar-refractivity contribution in [2.75, 3.05) is 0 Å². The van der Waals surface area contributed by atoms with Gasteiger partial charge in [-0.05, 0) is 148 Å². The van der Waals surface area contributed by atoms with E-state index in [0.717, 1.165) is 111 Å². The van der Waals surface area contributed by atoms with Crippen molar-refractivity contribution >= 4 is 11.0 Å². The number of hydrogen-bond donors (Lipinski definition) is 1. The minimum atomic E-state index is -2.18. The molecule has 65 heavy (non-hydrogen) atoms. The lowest BCUT2D eigenvalue weighted by Crippen LogP contribution is -2.12. The lowest BCUT2D eigenvalue weighted by atomic mass is 9.83. The van der Waals surface area contributed by atoms with Gasteiger partial charge in [0.1, 0.15) is 11.6 Å². The lowest BCUT2D eigenvalue weighted by Gasteiger charge is -2.24. The first kappa shape index (κ1) is 37.0. The number of aromatic hydroxyl groups is 1. The van der Waals surface area contributed by atoms with Crippen molar-refractivity contribution < 1.29 is 12.0 Å². The standard InChI is InChI=1S/C61H63N3O/c1-39-24-26-41(27-25-39)44-30-31-62-54(37-44)47-32-46(33-49(34-47)61(5,6)7)50-22-15-23-56-57(50)63-59(53-36-45(40-16-11-12-17-40)35-52(58(53)65)43-20-13-14-21-43)64(56)55-29-28-48(60(2,3)4)38-51(55)42-18-9-8-10-19-42/h8-10,15,18-19,22-38,40,43,65H,11-14,16-17,20-21H2,1-7H3/i1D3,40D,43D. The summed E-state index contributed by atoms with van der Waals surface area (Å²) in [4.78, 5) is 10.6. The van der Waals surface area contributed by atoms with Crippen molar-refractivity contribution in [3.05, 3.63) is 167 Å². The van der Waals surface area contributed by atoms with E-state index in [0.29, 0.717) is 35.4 Å². The molecule has 0 saturated heterocycles. The van der Waals surface area contributed by atoms with E-state index in [1.54, 1.807) is 12.1 Å². The summed E-state index contributed by atoms with van der Waals surface area (Å²) in [7, 11) is 0. The number of nitrogens with zero attached hydrogens (tertiary/aromatic N) is 3. The molecule has 0 bridgehead atoms. The number of rotatable bonds is 8. The number of aromatic nitrogens is 3. The Labute approximate surface area is 393 Å². The number of fused-ring (bicyclic) bond motifs is 1. The molecule has 328 valence electrons. The quantitative estimate of drug-likeness (QED) is 0.166. The fraction of sp³-hybridized carbons (Fsp3) is 0.311. The highest BCUT2D eigenvalue weighted by Crippen LogP contribution is 2.49. The van der Waals surface area contributed by atoms with Crippen molar-refractivity contribution in [3.63, 3.8) is 0 Å². The molecule has 4 nitrogen and oxygen atoms in total. The molecule has 2 saturated carbocycles. The molecule has 2 fully saturated rings. The molecule has 2 aliphatic carbocycles. The van der Waals surface area contributed by atoms with Gasteiger partial charge in [-0.3, -0.25) is 9.55 Å². The predicted octanol–water partition coefficient (Wildman–Crippen LogP) is 16.7.